The van der Waals surface area contributed by atoms with Gasteiger partial charge in [0, 0.05) is 48.5 Å². The van der Waals surface area contributed by atoms with Crippen LogP contribution in [0.1, 0.15) is 37.5 Å². The van der Waals surface area contributed by atoms with Crippen LogP contribution < -0.4 is 10.2 Å². The molecule has 4 aromatic rings. The minimum atomic E-state index is -0.266. The lowest BCUT2D eigenvalue weighted by molar-refractivity contribution is 0.0746. The molecule has 2 amide bonds. The second kappa shape index (κ2) is 9.50. The molecule has 0 spiro atoms. The fourth-order valence-electron chi connectivity index (χ4n) is 4.53. The summed E-state index contributed by atoms with van der Waals surface area (Å²) in [6.07, 6.45) is 0. The van der Waals surface area contributed by atoms with Gasteiger partial charge < -0.3 is 15.1 Å². The SMILES string of the molecule is Cc1ccc(C(=O)N2CCN(c3cccc(C)c3C)CC2)cc1NC(=O)c1nsc2ccccc12. The van der Waals surface area contributed by atoms with Gasteiger partial charge >= 0.3 is 0 Å². The molecule has 6 nitrogen and oxygen atoms in total. The molecule has 5 rings (SSSR count). The van der Waals surface area contributed by atoms with Gasteiger partial charge in [-0.05, 0) is 73.3 Å². The fraction of sp³-hybridized carbons (Fsp3) is 0.250. The van der Waals surface area contributed by atoms with E-state index in [4.69, 9.17) is 0 Å². The largest absolute Gasteiger partial charge is 0.368 e. The van der Waals surface area contributed by atoms with Crippen molar-refractivity contribution in [2.75, 3.05) is 36.4 Å². The van der Waals surface area contributed by atoms with Crippen molar-refractivity contribution in [1.82, 2.24) is 9.27 Å². The minimum Gasteiger partial charge on any atom is -0.368 e. The van der Waals surface area contributed by atoms with Gasteiger partial charge in [-0.25, -0.2) is 0 Å². The molecule has 35 heavy (non-hydrogen) atoms. The third-order valence-electron chi connectivity index (χ3n) is 6.81. The second-order valence-corrected chi connectivity index (χ2v) is 9.81. The summed E-state index contributed by atoms with van der Waals surface area (Å²) in [5.74, 6) is -0.280. The predicted molar refractivity (Wildman–Crippen MR) is 143 cm³/mol. The number of piperazine rings is 1. The smallest absolute Gasteiger partial charge is 0.276 e. The zero-order valence-electron chi connectivity index (χ0n) is 20.2. The van der Waals surface area contributed by atoms with Gasteiger partial charge in [0.1, 0.15) is 5.69 Å². The molecule has 2 heterocycles. The summed E-state index contributed by atoms with van der Waals surface area (Å²) in [4.78, 5) is 30.5. The van der Waals surface area contributed by atoms with Crippen molar-refractivity contribution in [3.05, 3.63) is 88.6 Å². The molecule has 3 aromatic carbocycles. The van der Waals surface area contributed by atoms with E-state index in [1.165, 1.54) is 28.3 Å². The van der Waals surface area contributed by atoms with Crippen molar-refractivity contribution in [1.29, 1.82) is 0 Å². The first kappa shape index (κ1) is 23.1. The first-order valence-corrected chi connectivity index (χ1v) is 12.6. The molecule has 7 heteroatoms. The van der Waals surface area contributed by atoms with Crippen LogP contribution in [0.5, 0.6) is 0 Å². The third kappa shape index (κ3) is 4.51. The monoisotopic (exact) mass is 484 g/mol. The standard InChI is InChI=1S/C28H28N4O2S/c1-18-7-6-9-24(20(18)3)31-13-15-32(16-14-31)28(34)21-12-11-19(2)23(17-21)29-27(33)26-22-8-4-5-10-25(22)35-30-26/h4-12,17H,13-16H2,1-3H3,(H,29,33). The van der Waals surface area contributed by atoms with Crippen molar-refractivity contribution >= 4 is 44.8 Å². The van der Waals surface area contributed by atoms with E-state index >= 15 is 0 Å². The zero-order valence-corrected chi connectivity index (χ0v) is 21.0. The van der Waals surface area contributed by atoms with E-state index in [1.54, 1.807) is 6.07 Å². The number of aryl methyl sites for hydroxylation is 2. The van der Waals surface area contributed by atoms with Crippen molar-refractivity contribution in [2.45, 2.75) is 20.8 Å². The third-order valence-corrected chi connectivity index (χ3v) is 7.64. The van der Waals surface area contributed by atoms with Gasteiger partial charge in [-0.2, -0.15) is 4.37 Å². The van der Waals surface area contributed by atoms with Crippen LogP contribution in [0.15, 0.2) is 60.7 Å². The Hall–Kier alpha value is -3.71. The number of amides is 2. The normalized spacial score (nSPS) is 13.8. The number of hydrogen-bond donors (Lipinski definition) is 1. The number of carbonyl (C=O) groups excluding carboxylic acids is 2. The molecule has 1 aromatic heterocycles. The Morgan fingerprint density at radius 2 is 1.66 bits per heavy atom. The summed E-state index contributed by atoms with van der Waals surface area (Å²) in [6.45, 7) is 9.11. The van der Waals surface area contributed by atoms with E-state index in [1.807, 2.05) is 48.2 Å². The number of rotatable bonds is 4. The number of anilines is 2. The molecule has 1 fully saturated rings. The first-order valence-electron chi connectivity index (χ1n) is 11.8. The van der Waals surface area contributed by atoms with Gasteiger partial charge in [-0.3, -0.25) is 9.59 Å². The van der Waals surface area contributed by atoms with E-state index in [2.05, 4.69) is 46.6 Å². The van der Waals surface area contributed by atoms with E-state index in [0.717, 1.165) is 28.7 Å². The molecule has 0 radical (unpaired) electrons. The Morgan fingerprint density at radius 1 is 0.886 bits per heavy atom. The van der Waals surface area contributed by atoms with Gasteiger partial charge in [0.15, 0.2) is 0 Å². The number of hydrogen-bond acceptors (Lipinski definition) is 5. The van der Waals surface area contributed by atoms with E-state index < -0.39 is 0 Å². The predicted octanol–water partition coefficient (Wildman–Crippen LogP) is 5.44. The molecule has 1 aliphatic rings. The lowest BCUT2D eigenvalue weighted by Crippen LogP contribution is -2.49. The molecule has 178 valence electrons. The van der Waals surface area contributed by atoms with Crippen LogP contribution in [0.25, 0.3) is 10.1 Å². The maximum atomic E-state index is 13.3. The number of nitrogens with one attached hydrogen (secondary N) is 1. The highest BCUT2D eigenvalue weighted by Crippen LogP contribution is 2.26. The highest BCUT2D eigenvalue weighted by Gasteiger charge is 2.24. The Morgan fingerprint density at radius 3 is 2.46 bits per heavy atom. The average molecular weight is 485 g/mol. The van der Waals surface area contributed by atoms with Gasteiger partial charge in [0.25, 0.3) is 11.8 Å². The van der Waals surface area contributed by atoms with Crippen LogP contribution in [-0.2, 0) is 0 Å². The average Bonchev–Trinajstić information content (AvgIpc) is 3.31. The number of benzene rings is 3. The second-order valence-electron chi connectivity index (χ2n) is 9.01. The van der Waals surface area contributed by atoms with E-state index in [9.17, 15) is 9.59 Å². The molecule has 0 saturated carbocycles. The lowest BCUT2D eigenvalue weighted by atomic mass is 10.1. The Labute approximate surface area is 209 Å². The van der Waals surface area contributed by atoms with Crippen molar-refractivity contribution in [2.24, 2.45) is 0 Å². The lowest BCUT2D eigenvalue weighted by Gasteiger charge is -2.37. The Kier molecular flexibility index (Phi) is 6.26. The molecule has 1 N–H and O–H groups in total. The van der Waals surface area contributed by atoms with Gasteiger partial charge in [-0.1, -0.05) is 36.4 Å². The van der Waals surface area contributed by atoms with E-state index in [-0.39, 0.29) is 11.8 Å². The van der Waals surface area contributed by atoms with Crippen LogP contribution >= 0.6 is 11.5 Å². The highest BCUT2D eigenvalue weighted by molar-refractivity contribution is 7.13. The van der Waals surface area contributed by atoms with Gasteiger partial charge in [0.2, 0.25) is 0 Å². The van der Waals surface area contributed by atoms with Crippen LogP contribution in [-0.4, -0.2) is 47.3 Å². The molecule has 0 atom stereocenters. The fourth-order valence-corrected chi connectivity index (χ4v) is 5.31. The summed E-state index contributed by atoms with van der Waals surface area (Å²) < 4.78 is 5.32. The molecular weight excluding hydrogens is 456 g/mol. The molecule has 1 saturated heterocycles. The first-order chi connectivity index (χ1) is 16.9. The molecular formula is C28H28N4O2S. The summed E-state index contributed by atoms with van der Waals surface area (Å²) in [7, 11) is 0. The Bertz CT molecular complexity index is 1420. The number of nitrogens with zero attached hydrogens (tertiary/aromatic N) is 3. The molecule has 0 aliphatic carbocycles. The molecule has 0 bridgehead atoms. The zero-order chi connectivity index (χ0) is 24.5. The minimum absolute atomic E-state index is 0.0137. The quantitative estimate of drug-likeness (QED) is 0.419. The van der Waals surface area contributed by atoms with Gasteiger partial charge in [-0.15, -0.1) is 0 Å². The summed E-state index contributed by atoms with van der Waals surface area (Å²) in [6, 6.07) is 19.6. The number of carbonyl (C=O) groups is 2. The Balaban J connectivity index is 1.29. The van der Waals surface area contributed by atoms with Crippen LogP contribution in [0.4, 0.5) is 11.4 Å². The van der Waals surface area contributed by atoms with Crippen molar-refractivity contribution in [3.63, 3.8) is 0 Å². The van der Waals surface area contributed by atoms with E-state index in [0.29, 0.717) is 30.0 Å². The summed E-state index contributed by atoms with van der Waals surface area (Å²) in [5.41, 5.74) is 6.33. The van der Waals surface area contributed by atoms with Crippen LogP contribution in [0, 0.1) is 20.8 Å². The topological polar surface area (TPSA) is 65.5 Å². The van der Waals surface area contributed by atoms with Crippen LogP contribution in [0.2, 0.25) is 0 Å². The van der Waals surface area contributed by atoms with Crippen molar-refractivity contribution < 1.29 is 9.59 Å². The summed E-state index contributed by atoms with van der Waals surface area (Å²) >= 11 is 1.31. The summed E-state index contributed by atoms with van der Waals surface area (Å²) in [5, 5.41) is 3.80. The maximum Gasteiger partial charge on any atom is 0.276 e. The van der Waals surface area contributed by atoms with Crippen LogP contribution in [0.3, 0.4) is 0 Å². The molecule has 0 unspecified atom stereocenters. The van der Waals surface area contributed by atoms with Crippen molar-refractivity contribution in [3.8, 4) is 0 Å². The number of fused-ring (bicyclic) bond motifs is 1. The highest BCUT2D eigenvalue weighted by atomic mass is 32.1. The maximum absolute atomic E-state index is 13.3. The van der Waals surface area contributed by atoms with Gasteiger partial charge in [0.05, 0.1) is 4.70 Å². The number of aromatic nitrogens is 1. The molecule has 1 aliphatic heterocycles.